The molecule has 0 saturated heterocycles. The molecule has 0 aliphatic heterocycles. The zero-order valence-electron chi connectivity index (χ0n) is 6.25. The lowest BCUT2D eigenvalue weighted by atomic mass is 9.94. The van der Waals surface area contributed by atoms with Crippen LogP contribution in [0.1, 0.15) is 0 Å². The van der Waals surface area contributed by atoms with Gasteiger partial charge in [0.05, 0.1) is 6.07 Å². The van der Waals surface area contributed by atoms with Crippen LogP contribution in [-0.2, 0) is 0 Å². The molecule has 0 bridgehead atoms. The Labute approximate surface area is 69.7 Å². The summed E-state index contributed by atoms with van der Waals surface area (Å²) < 4.78 is 0. The molecule has 3 N–H and O–H groups in total. The van der Waals surface area contributed by atoms with E-state index < -0.39 is 18.3 Å². The van der Waals surface area contributed by atoms with E-state index >= 15 is 0 Å². The van der Waals surface area contributed by atoms with E-state index in [1.165, 1.54) is 12.2 Å². The van der Waals surface area contributed by atoms with E-state index in [-0.39, 0.29) is 0 Å². The Morgan fingerprint density at radius 2 is 2.08 bits per heavy atom. The van der Waals surface area contributed by atoms with Crippen molar-refractivity contribution in [1.29, 1.82) is 5.26 Å². The summed E-state index contributed by atoms with van der Waals surface area (Å²) >= 11 is 0. The first-order valence-corrected chi connectivity index (χ1v) is 3.49. The van der Waals surface area contributed by atoms with Crippen molar-refractivity contribution in [3.05, 3.63) is 23.8 Å². The predicted octanol–water partition coefficient (Wildman–Crippen LogP) is -0.911. The number of rotatable bonds is 0. The Morgan fingerprint density at radius 3 is 2.67 bits per heavy atom. The average molecular weight is 167 g/mol. The summed E-state index contributed by atoms with van der Waals surface area (Å²) in [6.45, 7) is 0. The number of hydrogen-bond acceptors (Lipinski definition) is 4. The standard InChI is InChI=1S/C8H9NO3/c9-4-3-5-1-2-6(10)8(12)7(5)11/h1-3,6-8,10-12H/b5-3+/t6-,7+,8-/m0/s1. The Hall–Kier alpha value is -1.15. The SMILES string of the molecule is N#C/C=C1\C=C[C@H](O)[C@H](O)[C@@H]1O. The van der Waals surface area contributed by atoms with Crippen molar-refractivity contribution in [1.82, 2.24) is 0 Å². The summed E-state index contributed by atoms with van der Waals surface area (Å²) in [6.07, 6.45) is 0.414. The van der Waals surface area contributed by atoms with Crippen molar-refractivity contribution in [3.63, 3.8) is 0 Å². The normalized spacial score (nSPS) is 38.2. The van der Waals surface area contributed by atoms with Crippen molar-refractivity contribution in [2.75, 3.05) is 0 Å². The van der Waals surface area contributed by atoms with Crippen molar-refractivity contribution in [2.24, 2.45) is 0 Å². The summed E-state index contributed by atoms with van der Waals surface area (Å²) in [6, 6.07) is 1.74. The maximum Gasteiger partial charge on any atom is 0.113 e. The van der Waals surface area contributed by atoms with Crippen LogP contribution in [-0.4, -0.2) is 33.6 Å². The van der Waals surface area contributed by atoms with Gasteiger partial charge in [0, 0.05) is 6.08 Å². The van der Waals surface area contributed by atoms with Gasteiger partial charge in [-0.2, -0.15) is 5.26 Å². The Bertz CT molecular complexity index is 264. The molecule has 0 amide bonds. The maximum absolute atomic E-state index is 9.26. The van der Waals surface area contributed by atoms with Gasteiger partial charge in [-0.25, -0.2) is 0 Å². The third-order valence-corrected chi connectivity index (χ3v) is 1.73. The van der Waals surface area contributed by atoms with Gasteiger partial charge >= 0.3 is 0 Å². The van der Waals surface area contributed by atoms with Crippen LogP contribution in [0.2, 0.25) is 0 Å². The Balaban J connectivity index is 2.90. The molecular formula is C8H9NO3. The van der Waals surface area contributed by atoms with E-state index in [0.29, 0.717) is 5.57 Å². The first-order valence-electron chi connectivity index (χ1n) is 3.49. The fourth-order valence-corrected chi connectivity index (χ4v) is 1.01. The van der Waals surface area contributed by atoms with Gasteiger partial charge in [0.15, 0.2) is 0 Å². The lowest BCUT2D eigenvalue weighted by Crippen LogP contribution is -2.39. The van der Waals surface area contributed by atoms with Gasteiger partial charge in [-0.05, 0) is 5.57 Å². The van der Waals surface area contributed by atoms with Crippen molar-refractivity contribution in [2.45, 2.75) is 18.3 Å². The molecule has 0 heterocycles. The second-order valence-electron chi connectivity index (χ2n) is 2.56. The summed E-state index contributed by atoms with van der Waals surface area (Å²) in [5.41, 5.74) is 0.315. The molecule has 4 heteroatoms. The number of nitriles is 1. The van der Waals surface area contributed by atoms with Crippen LogP contribution in [0.25, 0.3) is 0 Å². The van der Waals surface area contributed by atoms with E-state index in [0.717, 1.165) is 6.08 Å². The van der Waals surface area contributed by atoms with Gasteiger partial charge in [-0.3, -0.25) is 0 Å². The van der Waals surface area contributed by atoms with Gasteiger partial charge in [0.2, 0.25) is 0 Å². The number of nitrogens with zero attached hydrogens (tertiary/aromatic N) is 1. The molecule has 0 fully saturated rings. The third-order valence-electron chi connectivity index (χ3n) is 1.73. The molecule has 1 aliphatic rings. The highest BCUT2D eigenvalue weighted by atomic mass is 16.4. The molecule has 3 atom stereocenters. The quantitative estimate of drug-likeness (QED) is 0.408. The number of hydrogen-bond donors (Lipinski definition) is 3. The maximum atomic E-state index is 9.26. The Kier molecular flexibility index (Phi) is 2.61. The van der Waals surface area contributed by atoms with E-state index in [9.17, 15) is 5.11 Å². The molecule has 0 radical (unpaired) electrons. The number of allylic oxidation sites excluding steroid dienone is 1. The van der Waals surface area contributed by atoms with Crippen LogP contribution in [0.15, 0.2) is 23.8 Å². The van der Waals surface area contributed by atoms with Crippen molar-refractivity contribution < 1.29 is 15.3 Å². The predicted molar refractivity (Wildman–Crippen MR) is 40.9 cm³/mol. The zero-order valence-corrected chi connectivity index (χ0v) is 6.25. The summed E-state index contributed by atoms with van der Waals surface area (Å²) in [4.78, 5) is 0. The molecule has 0 aromatic carbocycles. The second kappa shape index (κ2) is 3.50. The zero-order chi connectivity index (χ0) is 9.14. The van der Waals surface area contributed by atoms with Crippen LogP contribution in [0, 0.1) is 11.3 Å². The fraction of sp³-hybridized carbons (Fsp3) is 0.375. The summed E-state index contributed by atoms with van der Waals surface area (Å²) in [7, 11) is 0. The monoisotopic (exact) mass is 167 g/mol. The van der Waals surface area contributed by atoms with Crippen LogP contribution in [0.5, 0.6) is 0 Å². The number of aliphatic hydroxyl groups is 3. The molecule has 1 rings (SSSR count). The van der Waals surface area contributed by atoms with Gasteiger partial charge in [0.1, 0.15) is 18.3 Å². The van der Waals surface area contributed by atoms with E-state index in [4.69, 9.17) is 15.5 Å². The molecular weight excluding hydrogens is 158 g/mol. The van der Waals surface area contributed by atoms with Gasteiger partial charge < -0.3 is 15.3 Å². The molecule has 0 aromatic rings. The second-order valence-corrected chi connectivity index (χ2v) is 2.56. The minimum Gasteiger partial charge on any atom is -0.387 e. The molecule has 1 aliphatic carbocycles. The molecule has 4 nitrogen and oxygen atoms in total. The van der Waals surface area contributed by atoms with Crippen LogP contribution in [0.4, 0.5) is 0 Å². The first-order chi connectivity index (χ1) is 5.66. The lowest BCUT2D eigenvalue weighted by Gasteiger charge is -2.25. The van der Waals surface area contributed by atoms with E-state index in [1.54, 1.807) is 6.07 Å². The molecule has 0 unspecified atom stereocenters. The van der Waals surface area contributed by atoms with Crippen molar-refractivity contribution in [3.8, 4) is 6.07 Å². The number of aliphatic hydroxyl groups excluding tert-OH is 3. The minimum absolute atomic E-state index is 0.315. The fourth-order valence-electron chi connectivity index (χ4n) is 1.01. The largest absolute Gasteiger partial charge is 0.387 e. The average Bonchev–Trinajstić information content (AvgIpc) is 2.07. The molecule has 64 valence electrons. The summed E-state index contributed by atoms with van der Waals surface area (Å²) in [5.74, 6) is 0. The Morgan fingerprint density at radius 1 is 1.42 bits per heavy atom. The highest BCUT2D eigenvalue weighted by Crippen LogP contribution is 2.17. The lowest BCUT2D eigenvalue weighted by molar-refractivity contribution is -0.0284. The molecule has 0 aromatic heterocycles. The van der Waals surface area contributed by atoms with Crippen molar-refractivity contribution >= 4 is 0 Å². The van der Waals surface area contributed by atoms with Crippen LogP contribution >= 0.6 is 0 Å². The van der Waals surface area contributed by atoms with Gasteiger partial charge in [-0.15, -0.1) is 0 Å². The highest BCUT2D eigenvalue weighted by molar-refractivity contribution is 5.33. The smallest absolute Gasteiger partial charge is 0.113 e. The topological polar surface area (TPSA) is 84.5 Å². The summed E-state index contributed by atoms with van der Waals surface area (Å²) in [5, 5.41) is 35.7. The molecule has 0 spiro atoms. The third kappa shape index (κ3) is 1.53. The van der Waals surface area contributed by atoms with E-state index in [1.807, 2.05) is 0 Å². The molecule has 12 heavy (non-hydrogen) atoms. The molecule has 0 saturated carbocycles. The van der Waals surface area contributed by atoms with E-state index in [2.05, 4.69) is 0 Å². The van der Waals surface area contributed by atoms with Gasteiger partial charge in [0.25, 0.3) is 0 Å². The van der Waals surface area contributed by atoms with Crippen LogP contribution < -0.4 is 0 Å². The van der Waals surface area contributed by atoms with Crippen LogP contribution in [0.3, 0.4) is 0 Å². The minimum atomic E-state index is -1.24. The first kappa shape index (κ1) is 8.94. The highest BCUT2D eigenvalue weighted by Gasteiger charge is 2.28. The van der Waals surface area contributed by atoms with Gasteiger partial charge in [-0.1, -0.05) is 12.2 Å².